The van der Waals surface area contributed by atoms with Crippen molar-refractivity contribution in [1.29, 1.82) is 0 Å². The first-order valence-corrected chi connectivity index (χ1v) is 8.75. The second-order valence-electron chi connectivity index (χ2n) is 6.77. The maximum atomic E-state index is 12.8. The van der Waals surface area contributed by atoms with Gasteiger partial charge in [0, 0.05) is 18.7 Å². The maximum absolute atomic E-state index is 12.8. The van der Waals surface area contributed by atoms with E-state index in [4.69, 9.17) is 16.0 Å². The fourth-order valence-electron chi connectivity index (χ4n) is 3.56. The van der Waals surface area contributed by atoms with Gasteiger partial charge in [-0.15, -0.1) is 6.42 Å². The molecule has 27 heavy (non-hydrogen) atoms. The van der Waals surface area contributed by atoms with E-state index in [2.05, 4.69) is 5.92 Å². The highest BCUT2D eigenvalue weighted by atomic mass is 16.7. The van der Waals surface area contributed by atoms with Crippen molar-refractivity contribution in [1.82, 2.24) is 10.1 Å². The number of piperidine rings is 1. The topological polar surface area (TPSA) is 79.3 Å². The summed E-state index contributed by atoms with van der Waals surface area (Å²) in [6.07, 6.45) is 5.87. The quantitative estimate of drug-likeness (QED) is 0.365. The van der Waals surface area contributed by atoms with Gasteiger partial charge in [0.15, 0.2) is 5.54 Å². The Morgan fingerprint density at radius 1 is 1.30 bits per heavy atom. The Morgan fingerprint density at radius 3 is 2.44 bits per heavy atom. The molecule has 1 heterocycles. The molecule has 0 spiro atoms. The van der Waals surface area contributed by atoms with Crippen molar-refractivity contribution in [2.24, 2.45) is 0 Å². The van der Waals surface area contributed by atoms with Crippen LogP contribution < -0.4 is 0 Å². The van der Waals surface area contributed by atoms with Crippen LogP contribution in [0.1, 0.15) is 35.1 Å². The van der Waals surface area contributed by atoms with Crippen LogP contribution in [0.3, 0.4) is 0 Å². The lowest BCUT2D eigenvalue weighted by molar-refractivity contribution is -0.228. The Labute approximate surface area is 159 Å². The second-order valence-corrected chi connectivity index (χ2v) is 6.77. The summed E-state index contributed by atoms with van der Waals surface area (Å²) in [6, 6.07) is 3.75. The van der Waals surface area contributed by atoms with Crippen molar-refractivity contribution in [3.63, 3.8) is 0 Å². The lowest BCUT2D eigenvalue weighted by atomic mass is 9.87. The Kier molecular flexibility index (Phi) is 6.60. The average Bonchev–Trinajstić information content (AvgIpc) is 2.68. The van der Waals surface area contributed by atoms with Crippen LogP contribution in [0.2, 0.25) is 0 Å². The van der Waals surface area contributed by atoms with Gasteiger partial charge in [-0.2, -0.15) is 5.06 Å². The number of rotatable bonds is 5. The number of esters is 1. The normalized spacial score (nSPS) is 16.4. The summed E-state index contributed by atoms with van der Waals surface area (Å²) in [4.78, 5) is 30.5. The third-order valence-corrected chi connectivity index (χ3v) is 5.12. The second kappa shape index (κ2) is 8.53. The molecule has 0 radical (unpaired) electrons. The van der Waals surface area contributed by atoms with Gasteiger partial charge >= 0.3 is 5.97 Å². The molecule has 0 atom stereocenters. The molecule has 0 saturated carbocycles. The minimum Gasteiger partial charge on any atom is -0.467 e. The van der Waals surface area contributed by atoms with E-state index in [1.807, 2.05) is 26.0 Å². The smallest absolute Gasteiger partial charge is 0.334 e. The predicted octanol–water partition coefficient (Wildman–Crippen LogP) is 1.61. The molecule has 1 aliphatic rings. The van der Waals surface area contributed by atoms with E-state index in [1.165, 1.54) is 14.2 Å². The molecule has 1 saturated heterocycles. The van der Waals surface area contributed by atoms with Gasteiger partial charge in [-0.05, 0) is 49.4 Å². The SMILES string of the molecule is C#Cc1cc(C)cc(C)c1CC(=O)N(O)C1(C(=O)OC)CCN(OC)CC1. The van der Waals surface area contributed by atoms with Crippen molar-refractivity contribution in [3.8, 4) is 12.3 Å². The molecule has 1 N–H and O–H groups in total. The van der Waals surface area contributed by atoms with Crippen LogP contribution in [0.5, 0.6) is 0 Å². The summed E-state index contributed by atoms with van der Waals surface area (Å²) in [7, 11) is 2.78. The zero-order chi connectivity index (χ0) is 20.2. The van der Waals surface area contributed by atoms with Gasteiger partial charge in [0.25, 0.3) is 5.91 Å². The fourth-order valence-corrected chi connectivity index (χ4v) is 3.56. The maximum Gasteiger partial charge on any atom is 0.334 e. The van der Waals surface area contributed by atoms with E-state index in [0.717, 1.165) is 11.1 Å². The number of hydrogen-bond acceptors (Lipinski definition) is 6. The lowest BCUT2D eigenvalue weighted by Gasteiger charge is -2.42. The van der Waals surface area contributed by atoms with Gasteiger partial charge < -0.3 is 9.57 Å². The Hall–Kier alpha value is -2.40. The molecule has 7 heteroatoms. The zero-order valence-electron chi connectivity index (χ0n) is 16.2. The van der Waals surface area contributed by atoms with Crippen LogP contribution in [0.25, 0.3) is 0 Å². The molecule has 1 aromatic rings. The van der Waals surface area contributed by atoms with E-state index < -0.39 is 17.4 Å². The molecule has 0 aromatic heterocycles. The number of methoxy groups -OCH3 is 1. The van der Waals surface area contributed by atoms with Crippen LogP contribution in [0, 0.1) is 26.2 Å². The standard InChI is InChI=1S/C20H26N2O5/c1-6-16-12-14(2)11-15(3)17(16)13-18(23)22(25)20(19(24)26-4)7-9-21(27-5)10-8-20/h1,11-12,25H,7-10,13H2,2-5H3. The first-order chi connectivity index (χ1) is 12.8. The van der Waals surface area contributed by atoms with E-state index in [9.17, 15) is 14.8 Å². The highest BCUT2D eigenvalue weighted by Gasteiger charge is 2.49. The van der Waals surface area contributed by atoms with Crippen LogP contribution in [0.4, 0.5) is 0 Å². The summed E-state index contributed by atoms with van der Waals surface area (Å²) >= 11 is 0. The molecule has 1 amide bonds. The van der Waals surface area contributed by atoms with Crippen molar-refractivity contribution in [3.05, 3.63) is 34.4 Å². The van der Waals surface area contributed by atoms with E-state index in [0.29, 0.717) is 29.3 Å². The molecule has 1 aromatic carbocycles. The number of aryl methyl sites for hydroxylation is 2. The first kappa shape index (κ1) is 20.9. The third kappa shape index (κ3) is 4.14. The molecule has 0 aliphatic carbocycles. The van der Waals surface area contributed by atoms with Crippen LogP contribution in [-0.2, 0) is 25.6 Å². The molecule has 0 unspecified atom stereocenters. The van der Waals surface area contributed by atoms with Crippen LogP contribution in [-0.4, -0.2) is 60.1 Å². The van der Waals surface area contributed by atoms with Crippen molar-refractivity contribution in [2.45, 2.75) is 38.6 Å². The first-order valence-electron chi connectivity index (χ1n) is 8.75. The molecule has 1 aliphatic heterocycles. The van der Waals surface area contributed by atoms with Gasteiger partial charge in [0.05, 0.1) is 20.6 Å². The van der Waals surface area contributed by atoms with Gasteiger partial charge in [0.2, 0.25) is 0 Å². The number of hydrogen-bond donors (Lipinski definition) is 1. The zero-order valence-corrected chi connectivity index (χ0v) is 16.2. The summed E-state index contributed by atoms with van der Waals surface area (Å²) in [5.41, 5.74) is 1.70. The van der Waals surface area contributed by atoms with E-state index in [-0.39, 0.29) is 19.3 Å². The summed E-state index contributed by atoms with van der Waals surface area (Å²) in [5.74, 6) is 1.34. The number of ether oxygens (including phenoxy) is 1. The average molecular weight is 374 g/mol. The van der Waals surface area contributed by atoms with Crippen molar-refractivity contribution < 1.29 is 24.4 Å². The van der Waals surface area contributed by atoms with Gasteiger partial charge in [-0.3, -0.25) is 10.0 Å². The van der Waals surface area contributed by atoms with Crippen LogP contribution in [0.15, 0.2) is 12.1 Å². The number of benzene rings is 1. The monoisotopic (exact) mass is 374 g/mol. The highest BCUT2D eigenvalue weighted by Crippen LogP contribution is 2.30. The minimum atomic E-state index is -1.43. The number of nitrogens with zero attached hydrogens (tertiary/aromatic N) is 2. The molecule has 146 valence electrons. The summed E-state index contributed by atoms with van der Waals surface area (Å²) < 4.78 is 4.88. The largest absolute Gasteiger partial charge is 0.467 e. The molecular weight excluding hydrogens is 348 g/mol. The highest BCUT2D eigenvalue weighted by molar-refractivity contribution is 5.88. The Balaban J connectivity index is 2.29. The molecule has 1 fully saturated rings. The number of carbonyl (C=O) groups is 2. The summed E-state index contributed by atoms with van der Waals surface area (Å²) in [5, 5.41) is 12.9. The number of hydroxylamine groups is 4. The van der Waals surface area contributed by atoms with Crippen LogP contribution >= 0.6 is 0 Å². The minimum absolute atomic E-state index is 0.102. The van der Waals surface area contributed by atoms with E-state index >= 15 is 0 Å². The number of carbonyl (C=O) groups excluding carboxylic acids is 2. The number of terminal acetylenes is 1. The van der Waals surface area contributed by atoms with Crippen molar-refractivity contribution >= 4 is 11.9 Å². The predicted molar refractivity (Wildman–Crippen MR) is 98.8 cm³/mol. The fraction of sp³-hybridized carbons (Fsp3) is 0.500. The lowest BCUT2D eigenvalue weighted by Crippen LogP contribution is -2.61. The number of amides is 1. The van der Waals surface area contributed by atoms with E-state index in [1.54, 1.807) is 5.06 Å². The Bertz CT molecular complexity index is 760. The summed E-state index contributed by atoms with van der Waals surface area (Å²) in [6.45, 7) is 4.56. The molecule has 2 rings (SSSR count). The Morgan fingerprint density at radius 2 is 1.93 bits per heavy atom. The van der Waals surface area contributed by atoms with Gasteiger partial charge in [0.1, 0.15) is 0 Å². The molecule has 0 bridgehead atoms. The third-order valence-electron chi connectivity index (χ3n) is 5.12. The van der Waals surface area contributed by atoms with Gasteiger partial charge in [-0.1, -0.05) is 12.0 Å². The van der Waals surface area contributed by atoms with Gasteiger partial charge in [-0.25, -0.2) is 9.86 Å². The van der Waals surface area contributed by atoms with Crippen molar-refractivity contribution in [2.75, 3.05) is 27.3 Å². The molecule has 7 nitrogen and oxygen atoms in total. The molecular formula is C20H26N2O5.